The molecule has 1 fully saturated rings. The van der Waals surface area contributed by atoms with Crippen molar-refractivity contribution >= 4 is 35.0 Å². The zero-order valence-electron chi connectivity index (χ0n) is 21.8. The van der Waals surface area contributed by atoms with Crippen LogP contribution in [-0.4, -0.2) is 59.0 Å². The minimum absolute atomic E-state index is 0.00740. The number of hydrogen-bond donors (Lipinski definition) is 0. The average Bonchev–Trinajstić information content (AvgIpc) is 3.37. The molecule has 0 aliphatic heterocycles. The number of carbonyl (C=O) groups excluding carboxylic acids is 2. The quantitative estimate of drug-likeness (QED) is 0.279. The van der Waals surface area contributed by atoms with Crippen LogP contribution in [0.15, 0.2) is 66.9 Å². The Hall–Kier alpha value is -2.80. The molecule has 202 valence electrons. The van der Waals surface area contributed by atoms with E-state index in [1.165, 1.54) is 6.42 Å². The first-order valence-corrected chi connectivity index (χ1v) is 13.9. The van der Waals surface area contributed by atoms with Gasteiger partial charge in [0.05, 0.1) is 13.2 Å². The fraction of sp³-hybridized carbons (Fsp3) is 0.400. The number of amides is 2. The van der Waals surface area contributed by atoms with Crippen molar-refractivity contribution in [3.8, 4) is 0 Å². The van der Waals surface area contributed by atoms with Crippen molar-refractivity contribution in [3.63, 3.8) is 0 Å². The van der Waals surface area contributed by atoms with Crippen LogP contribution in [0.4, 0.5) is 0 Å². The first-order chi connectivity index (χ1) is 18.5. The molecule has 1 heterocycles. The molecule has 1 aliphatic rings. The number of rotatable bonds is 11. The molecule has 6 nitrogen and oxygen atoms in total. The summed E-state index contributed by atoms with van der Waals surface area (Å²) in [6.07, 6.45) is 7.37. The molecular weight excluding hydrogens is 521 g/mol. The molecule has 1 saturated carbocycles. The van der Waals surface area contributed by atoms with E-state index < -0.39 is 0 Å². The summed E-state index contributed by atoms with van der Waals surface area (Å²) in [5, 5.41) is 1.28. The van der Waals surface area contributed by atoms with Crippen LogP contribution in [-0.2, 0) is 22.6 Å². The number of ether oxygens (including phenoxy) is 1. The van der Waals surface area contributed by atoms with Crippen molar-refractivity contribution < 1.29 is 14.3 Å². The van der Waals surface area contributed by atoms with Crippen LogP contribution in [0.1, 0.15) is 53.7 Å². The van der Waals surface area contributed by atoms with E-state index >= 15 is 0 Å². The summed E-state index contributed by atoms with van der Waals surface area (Å²) in [5.74, 6) is -0.265. The highest BCUT2D eigenvalue weighted by molar-refractivity contribution is 6.31. The summed E-state index contributed by atoms with van der Waals surface area (Å²) in [6, 6.07) is 18.8. The molecule has 0 spiro atoms. The van der Waals surface area contributed by atoms with Gasteiger partial charge in [-0.05, 0) is 60.9 Å². The molecule has 0 N–H and O–H groups in total. The van der Waals surface area contributed by atoms with Gasteiger partial charge in [-0.1, -0.05) is 60.7 Å². The van der Waals surface area contributed by atoms with E-state index in [4.69, 9.17) is 27.9 Å². The molecular formula is C30H35Cl2N3O3. The largest absolute Gasteiger partial charge is 0.383 e. The van der Waals surface area contributed by atoms with Gasteiger partial charge in [0.25, 0.3) is 5.91 Å². The van der Waals surface area contributed by atoms with Crippen LogP contribution in [0.2, 0.25) is 10.0 Å². The second-order valence-corrected chi connectivity index (χ2v) is 10.6. The predicted octanol–water partition coefficient (Wildman–Crippen LogP) is 6.29. The normalized spacial score (nSPS) is 13.9. The van der Waals surface area contributed by atoms with E-state index in [0.717, 1.165) is 42.0 Å². The van der Waals surface area contributed by atoms with Gasteiger partial charge in [0.15, 0.2) is 0 Å². The summed E-state index contributed by atoms with van der Waals surface area (Å²) in [5.41, 5.74) is 2.56. The zero-order chi connectivity index (χ0) is 26.9. The lowest BCUT2D eigenvalue weighted by Gasteiger charge is -2.36. The number of carbonyl (C=O) groups is 2. The zero-order valence-corrected chi connectivity index (χ0v) is 23.3. The molecule has 0 atom stereocenters. The third kappa shape index (κ3) is 7.40. The van der Waals surface area contributed by atoms with Gasteiger partial charge in [-0.15, -0.1) is 0 Å². The summed E-state index contributed by atoms with van der Waals surface area (Å²) in [7, 11) is 1.59. The third-order valence-electron chi connectivity index (χ3n) is 7.16. The Morgan fingerprint density at radius 1 is 0.974 bits per heavy atom. The fourth-order valence-corrected chi connectivity index (χ4v) is 5.35. The van der Waals surface area contributed by atoms with Crippen molar-refractivity contribution in [2.24, 2.45) is 0 Å². The molecule has 0 saturated heterocycles. The maximum absolute atomic E-state index is 13.9. The molecule has 0 radical (unpaired) electrons. The highest BCUT2D eigenvalue weighted by Crippen LogP contribution is 2.26. The van der Waals surface area contributed by atoms with Gasteiger partial charge >= 0.3 is 0 Å². The predicted molar refractivity (Wildman–Crippen MR) is 152 cm³/mol. The number of halogens is 2. The molecule has 38 heavy (non-hydrogen) atoms. The lowest BCUT2D eigenvalue weighted by atomic mass is 9.94. The molecule has 0 unspecified atom stereocenters. The molecule has 0 bridgehead atoms. The lowest BCUT2D eigenvalue weighted by Crippen LogP contribution is -2.48. The maximum Gasteiger partial charge on any atom is 0.254 e. The highest BCUT2D eigenvalue weighted by Gasteiger charge is 2.29. The minimum atomic E-state index is -0.210. The van der Waals surface area contributed by atoms with Crippen molar-refractivity contribution in [2.45, 2.75) is 51.2 Å². The van der Waals surface area contributed by atoms with Gasteiger partial charge in [-0.2, -0.15) is 0 Å². The fourth-order valence-electron chi connectivity index (χ4n) is 5.03. The van der Waals surface area contributed by atoms with E-state index in [0.29, 0.717) is 36.8 Å². The van der Waals surface area contributed by atoms with Crippen molar-refractivity contribution in [1.29, 1.82) is 0 Å². The summed E-state index contributed by atoms with van der Waals surface area (Å²) in [6.45, 7) is 1.77. The van der Waals surface area contributed by atoms with E-state index in [1.54, 1.807) is 36.3 Å². The Kier molecular flexibility index (Phi) is 10.3. The van der Waals surface area contributed by atoms with E-state index in [9.17, 15) is 9.59 Å². The Bertz CT molecular complexity index is 1210. The van der Waals surface area contributed by atoms with E-state index in [1.807, 2.05) is 41.4 Å². The average molecular weight is 557 g/mol. The molecule has 1 aliphatic carbocycles. The number of aromatic nitrogens is 1. The Morgan fingerprint density at radius 2 is 1.71 bits per heavy atom. The van der Waals surface area contributed by atoms with Crippen LogP contribution < -0.4 is 0 Å². The molecule has 2 aromatic carbocycles. The summed E-state index contributed by atoms with van der Waals surface area (Å²) >= 11 is 12.4. The third-order valence-corrected chi connectivity index (χ3v) is 7.78. The van der Waals surface area contributed by atoms with E-state index in [-0.39, 0.29) is 24.4 Å². The Balaban J connectivity index is 1.55. The van der Waals surface area contributed by atoms with Gasteiger partial charge in [0, 0.05) is 53.7 Å². The second-order valence-electron chi connectivity index (χ2n) is 9.76. The van der Waals surface area contributed by atoms with Crippen molar-refractivity contribution in [1.82, 2.24) is 14.4 Å². The first-order valence-electron chi connectivity index (χ1n) is 13.2. The molecule has 2 amide bonds. The van der Waals surface area contributed by atoms with Gasteiger partial charge in [0.2, 0.25) is 5.91 Å². The lowest BCUT2D eigenvalue weighted by molar-refractivity contribution is -0.135. The Morgan fingerprint density at radius 3 is 2.42 bits per heavy atom. The van der Waals surface area contributed by atoms with Crippen LogP contribution >= 0.6 is 23.2 Å². The Labute approximate surface area is 235 Å². The van der Waals surface area contributed by atoms with Gasteiger partial charge in [-0.3, -0.25) is 9.59 Å². The van der Waals surface area contributed by atoms with E-state index in [2.05, 4.69) is 10.6 Å². The topological polar surface area (TPSA) is 54.8 Å². The second kappa shape index (κ2) is 13.8. The SMILES string of the molecule is COCCN(CC(=O)N(Cc1cccn1Cc1ccccc1Cl)C1CCCCC1)C(=O)c1ccc(Cl)cc1. The summed E-state index contributed by atoms with van der Waals surface area (Å²) < 4.78 is 7.39. The number of nitrogens with zero attached hydrogens (tertiary/aromatic N) is 3. The standard InChI is InChI=1S/C30H35Cl2N3O3/c1-38-19-18-34(30(37)23-13-15-25(31)16-14-23)22-29(36)35(26-9-3-2-4-10-26)21-27-11-7-17-33(27)20-24-8-5-6-12-28(24)32/h5-8,11-17,26H,2-4,9-10,18-22H2,1H3. The van der Waals surface area contributed by atoms with Crippen LogP contribution in [0.25, 0.3) is 0 Å². The monoisotopic (exact) mass is 555 g/mol. The first kappa shape index (κ1) is 28.2. The molecule has 3 aromatic rings. The number of methoxy groups -OCH3 is 1. The van der Waals surface area contributed by atoms with Crippen LogP contribution in [0.3, 0.4) is 0 Å². The molecule has 1 aromatic heterocycles. The summed E-state index contributed by atoms with van der Waals surface area (Å²) in [4.78, 5) is 30.8. The minimum Gasteiger partial charge on any atom is -0.383 e. The smallest absolute Gasteiger partial charge is 0.254 e. The molecule has 8 heteroatoms. The van der Waals surface area contributed by atoms with Gasteiger partial charge in [-0.25, -0.2) is 0 Å². The van der Waals surface area contributed by atoms with Crippen molar-refractivity contribution in [2.75, 3.05) is 26.8 Å². The number of hydrogen-bond acceptors (Lipinski definition) is 3. The highest BCUT2D eigenvalue weighted by atomic mass is 35.5. The van der Waals surface area contributed by atoms with Gasteiger partial charge in [0.1, 0.15) is 6.54 Å². The van der Waals surface area contributed by atoms with Crippen LogP contribution in [0.5, 0.6) is 0 Å². The maximum atomic E-state index is 13.9. The van der Waals surface area contributed by atoms with Crippen LogP contribution in [0, 0.1) is 0 Å². The van der Waals surface area contributed by atoms with Crippen molar-refractivity contribution in [3.05, 3.63) is 93.7 Å². The molecule has 4 rings (SSSR count). The number of benzene rings is 2. The van der Waals surface area contributed by atoms with Gasteiger partial charge < -0.3 is 19.1 Å².